The zero-order valence-corrected chi connectivity index (χ0v) is 11.7. The van der Waals surface area contributed by atoms with Gasteiger partial charge in [0.15, 0.2) is 0 Å². The van der Waals surface area contributed by atoms with Gasteiger partial charge in [0.05, 0.1) is 0 Å². The van der Waals surface area contributed by atoms with E-state index >= 15 is 0 Å². The molecule has 0 saturated carbocycles. The number of nitrogens with zero attached hydrogens (tertiary/aromatic N) is 2. The Bertz CT molecular complexity index is 418. The van der Waals surface area contributed by atoms with E-state index in [-0.39, 0.29) is 13.1 Å². The van der Waals surface area contributed by atoms with Crippen LogP contribution in [0.4, 0.5) is 0 Å². The first-order chi connectivity index (χ1) is 9.03. The van der Waals surface area contributed by atoms with E-state index in [0.29, 0.717) is 19.6 Å². The smallest absolute Gasteiger partial charge is 0.323 e. The Kier molecular flexibility index (Phi) is 4.77. The molecule has 0 radical (unpaired) electrons. The molecule has 19 heavy (non-hydrogen) atoms. The lowest BCUT2D eigenvalue weighted by molar-refractivity contribution is -0.141. The van der Waals surface area contributed by atoms with Crippen LogP contribution in [0.5, 0.6) is 0 Å². The van der Waals surface area contributed by atoms with Crippen LogP contribution in [0.2, 0.25) is 0 Å². The molecule has 0 aromatic rings. The Balaban J connectivity index is 2.18. The van der Waals surface area contributed by atoms with Gasteiger partial charge >= 0.3 is 5.97 Å². The van der Waals surface area contributed by atoms with Gasteiger partial charge in [-0.3, -0.25) is 4.79 Å². The third kappa shape index (κ3) is 3.25. The lowest BCUT2D eigenvalue weighted by Crippen LogP contribution is -2.60. The summed E-state index contributed by atoms with van der Waals surface area (Å²) in [6, 6.07) is -0.998. The fraction of sp³-hybridized carbons (Fsp3) is 0.909. The monoisotopic (exact) mass is 291 g/mol. The average molecular weight is 291 g/mol. The second kappa shape index (κ2) is 6.17. The zero-order chi connectivity index (χ0) is 13.9. The number of aliphatic carboxylic acids is 1. The third-order valence-corrected chi connectivity index (χ3v) is 5.71. The SMILES string of the molecule is O=C(O)C1CNCCN1S(=O)(=O)N1CCCCCC1. The van der Waals surface area contributed by atoms with Gasteiger partial charge in [0.1, 0.15) is 6.04 Å². The molecule has 110 valence electrons. The topological polar surface area (TPSA) is 90.0 Å². The molecule has 0 bridgehead atoms. The summed E-state index contributed by atoms with van der Waals surface area (Å²) in [5, 5.41) is 12.1. The lowest BCUT2D eigenvalue weighted by Gasteiger charge is -2.35. The van der Waals surface area contributed by atoms with Crippen molar-refractivity contribution in [2.45, 2.75) is 31.7 Å². The van der Waals surface area contributed by atoms with Gasteiger partial charge in [0.2, 0.25) is 0 Å². The van der Waals surface area contributed by atoms with Crippen molar-refractivity contribution in [2.24, 2.45) is 0 Å². The number of carboxylic acid groups (broad SMARTS) is 1. The highest BCUT2D eigenvalue weighted by atomic mass is 32.2. The maximum absolute atomic E-state index is 12.6. The van der Waals surface area contributed by atoms with Gasteiger partial charge < -0.3 is 10.4 Å². The van der Waals surface area contributed by atoms with Crippen LogP contribution in [0.25, 0.3) is 0 Å². The molecule has 0 spiro atoms. The largest absolute Gasteiger partial charge is 0.480 e. The summed E-state index contributed by atoms with van der Waals surface area (Å²) >= 11 is 0. The van der Waals surface area contributed by atoms with Crippen molar-refractivity contribution < 1.29 is 18.3 Å². The second-order valence-electron chi connectivity index (χ2n) is 4.99. The fourth-order valence-electron chi connectivity index (χ4n) is 2.59. The van der Waals surface area contributed by atoms with E-state index < -0.39 is 22.2 Å². The molecule has 2 fully saturated rings. The standard InChI is InChI=1S/C11H21N3O4S/c15-11(16)10-9-12-5-8-14(10)19(17,18)13-6-3-1-2-4-7-13/h10,12H,1-9H2,(H,15,16). The minimum absolute atomic E-state index is 0.169. The molecule has 2 N–H and O–H groups in total. The summed E-state index contributed by atoms with van der Waals surface area (Å²) in [6.45, 7) is 1.88. The highest BCUT2D eigenvalue weighted by Crippen LogP contribution is 2.19. The van der Waals surface area contributed by atoms with Crippen LogP contribution in [0, 0.1) is 0 Å². The van der Waals surface area contributed by atoms with Crippen molar-refractivity contribution in [3.63, 3.8) is 0 Å². The molecule has 0 aromatic heterocycles. The van der Waals surface area contributed by atoms with E-state index in [0.717, 1.165) is 30.0 Å². The van der Waals surface area contributed by atoms with Crippen molar-refractivity contribution in [3.8, 4) is 0 Å². The Morgan fingerprint density at radius 1 is 1.11 bits per heavy atom. The highest BCUT2D eigenvalue weighted by molar-refractivity contribution is 7.86. The predicted octanol–water partition coefficient (Wildman–Crippen LogP) is -0.534. The van der Waals surface area contributed by atoms with Crippen LogP contribution in [0.3, 0.4) is 0 Å². The molecule has 1 unspecified atom stereocenters. The molecule has 0 aromatic carbocycles. The average Bonchev–Trinajstić information content (AvgIpc) is 2.68. The molecule has 0 aliphatic carbocycles. The molecule has 1 atom stereocenters. The molecule has 8 heteroatoms. The van der Waals surface area contributed by atoms with Gasteiger partial charge in [-0.1, -0.05) is 12.8 Å². The van der Waals surface area contributed by atoms with Crippen molar-refractivity contribution in [1.29, 1.82) is 0 Å². The molecular formula is C11H21N3O4S. The van der Waals surface area contributed by atoms with Gasteiger partial charge in [-0.2, -0.15) is 17.0 Å². The van der Waals surface area contributed by atoms with E-state index in [1.54, 1.807) is 0 Å². The van der Waals surface area contributed by atoms with Crippen LogP contribution in [-0.2, 0) is 15.0 Å². The quantitative estimate of drug-likeness (QED) is 0.729. The summed E-state index contributed by atoms with van der Waals surface area (Å²) in [5.41, 5.74) is 0. The van der Waals surface area contributed by atoms with Gasteiger partial charge in [-0.25, -0.2) is 0 Å². The van der Waals surface area contributed by atoms with E-state index in [9.17, 15) is 13.2 Å². The second-order valence-corrected chi connectivity index (χ2v) is 6.87. The molecule has 2 heterocycles. The van der Waals surface area contributed by atoms with Crippen molar-refractivity contribution in [2.75, 3.05) is 32.7 Å². The van der Waals surface area contributed by atoms with Gasteiger partial charge in [0.25, 0.3) is 10.2 Å². The number of carbonyl (C=O) groups is 1. The van der Waals surface area contributed by atoms with Crippen molar-refractivity contribution >= 4 is 16.2 Å². The number of hydrogen-bond donors (Lipinski definition) is 2. The predicted molar refractivity (Wildman–Crippen MR) is 70.0 cm³/mol. The molecule has 2 aliphatic rings. The Labute approximate surface area is 113 Å². The van der Waals surface area contributed by atoms with E-state index in [4.69, 9.17) is 5.11 Å². The minimum atomic E-state index is -3.66. The molecule has 2 aliphatic heterocycles. The number of piperazine rings is 1. The first-order valence-electron chi connectivity index (χ1n) is 6.74. The minimum Gasteiger partial charge on any atom is -0.480 e. The zero-order valence-electron chi connectivity index (χ0n) is 10.9. The number of carboxylic acids is 1. The fourth-order valence-corrected chi connectivity index (χ4v) is 4.42. The van der Waals surface area contributed by atoms with Crippen LogP contribution < -0.4 is 5.32 Å². The Morgan fingerprint density at radius 3 is 2.32 bits per heavy atom. The van der Waals surface area contributed by atoms with Gasteiger partial charge in [-0.15, -0.1) is 0 Å². The van der Waals surface area contributed by atoms with Crippen LogP contribution in [0.15, 0.2) is 0 Å². The van der Waals surface area contributed by atoms with Crippen molar-refractivity contribution in [3.05, 3.63) is 0 Å². The molecule has 2 rings (SSSR count). The summed E-state index contributed by atoms with van der Waals surface area (Å²) < 4.78 is 27.7. The number of rotatable bonds is 3. The van der Waals surface area contributed by atoms with Gasteiger partial charge in [-0.05, 0) is 12.8 Å². The Morgan fingerprint density at radius 2 is 1.74 bits per heavy atom. The van der Waals surface area contributed by atoms with E-state index in [1.165, 1.54) is 4.31 Å². The third-order valence-electron chi connectivity index (χ3n) is 3.67. The summed E-state index contributed by atoms with van der Waals surface area (Å²) in [5.74, 6) is -1.09. The molecular weight excluding hydrogens is 270 g/mol. The Hall–Kier alpha value is -0.700. The maximum Gasteiger partial charge on any atom is 0.323 e. The summed E-state index contributed by atoms with van der Waals surface area (Å²) in [4.78, 5) is 11.2. The maximum atomic E-state index is 12.6. The molecule has 0 amide bonds. The molecule has 7 nitrogen and oxygen atoms in total. The lowest BCUT2D eigenvalue weighted by atomic mass is 10.2. The first-order valence-corrected chi connectivity index (χ1v) is 8.13. The number of nitrogens with one attached hydrogen (secondary N) is 1. The molecule has 2 saturated heterocycles. The van der Waals surface area contributed by atoms with Crippen LogP contribution in [0.1, 0.15) is 25.7 Å². The van der Waals surface area contributed by atoms with E-state index in [2.05, 4.69) is 5.32 Å². The highest BCUT2D eigenvalue weighted by Gasteiger charge is 2.39. The van der Waals surface area contributed by atoms with Crippen LogP contribution in [-0.4, -0.2) is 66.9 Å². The van der Waals surface area contributed by atoms with E-state index in [1.807, 2.05) is 0 Å². The normalized spacial score (nSPS) is 27.9. The van der Waals surface area contributed by atoms with Crippen LogP contribution >= 0.6 is 0 Å². The van der Waals surface area contributed by atoms with Gasteiger partial charge in [0, 0.05) is 32.7 Å². The number of hydrogen-bond acceptors (Lipinski definition) is 4. The first kappa shape index (κ1) is 14.7. The summed E-state index contributed by atoms with van der Waals surface area (Å²) in [7, 11) is -3.66. The summed E-state index contributed by atoms with van der Waals surface area (Å²) in [6.07, 6.45) is 3.78. The van der Waals surface area contributed by atoms with Crippen molar-refractivity contribution in [1.82, 2.24) is 13.9 Å².